The Balaban J connectivity index is 2.13. The largest absolute Gasteiger partial charge is 0.496 e. The lowest BCUT2D eigenvalue weighted by Gasteiger charge is -2.21. The first kappa shape index (κ1) is 18.6. The Morgan fingerprint density at radius 2 is 1.88 bits per heavy atom. The molecule has 1 amide bonds. The van der Waals surface area contributed by atoms with Crippen molar-refractivity contribution in [2.45, 2.75) is 19.1 Å². The first-order valence-electron chi connectivity index (χ1n) is 7.52. The van der Waals surface area contributed by atoms with E-state index in [0.717, 1.165) is 5.56 Å². The molecule has 0 saturated heterocycles. The molecule has 0 bridgehead atoms. The van der Waals surface area contributed by atoms with Gasteiger partial charge in [0, 0.05) is 10.6 Å². The maximum atomic E-state index is 12.1. The molecule has 0 unspecified atom stereocenters. The van der Waals surface area contributed by atoms with Crippen LogP contribution in [0.3, 0.4) is 0 Å². The van der Waals surface area contributed by atoms with E-state index in [4.69, 9.17) is 26.2 Å². The van der Waals surface area contributed by atoms with E-state index in [2.05, 4.69) is 5.32 Å². The summed E-state index contributed by atoms with van der Waals surface area (Å²) < 4.78 is 10.4. The van der Waals surface area contributed by atoms with E-state index in [1.54, 1.807) is 18.2 Å². The van der Waals surface area contributed by atoms with Crippen molar-refractivity contribution in [2.24, 2.45) is 0 Å². The van der Waals surface area contributed by atoms with Gasteiger partial charge in [-0.1, -0.05) is 48.0 Å². The molecule has 2 aromatic rings. The number of ether oxygens (including phenoxy) is 2. The normalized spacial score (nSPS) is 11.4. The summed E-state index contributed by atoms with van der Waals surface area (Å²) in [6.07, 6.45) is -1.10. The molecule has 1 atom stereocenters. The number of hydrogen-bond acceptors (Lipinski definition) is 4. The molecule has 2 N–H and O–H groups in total. The highest BCUT2D eigenvalue weighted by molar-refractivity contribution is 6.31. The average Bonchev–Trinajstić information content (AvgIpc) is 2.59. The molecule has 6 nitrogen and oxygen atoms in total. The van der Waals surface area contributed by atoms with E-state index in [1.807, 2.05) is 30.3 Å². The Morgan fingerprint density at radius 3 is 2.52 bits per heavy atom. The minimum absolute atomic E-state index is 0.0755. The van der Waals surface area contributed by atoms with Crippen molar-refractivity contribution in [3.63, 3.8) is 0 Å². The van der Waals surface area contributed by atoms with Crippen molar-refractivity contribution in [3.05, 3.63) is 64.7 Å². The molecule has 2 rings (SSSR count). The molecule has 0 heterocycles. The van der Waals surface area contributed by atoms with Gasteiger partial charge in [0.15, 0.2) is 0 Å². The Kier molecular flexibility index (Phi) is 6.65. The van der Waals surface area contributed by atoms with E-state index in [-0.39, 0.29) is 13.0 Å². The Labute approximate surface area is 150 Å². The highest BCUT2D eigenvalue weighted by Crippen LogP contribution is 2.33. The average molecular weight is 364 g/mol. The van der Waals surface area contributed by atoms with Crippen LogP contribution < -0.4 is 10.1 Å². The Morgan fingerprint density at radius 1 is 1.16 bits per heavy atom. The Bertz CT molecular complexity index is 736. The number of methoxy groups -OCH3 is 1. The number of carboxylic acids is 1. The van der Waals surface area contributed by atoms with Gasteiger partial charge in [0.1, 0.15) is 12.4 Å². The van der Waals surface area contributed by atoms with E-state index in [0.29, 0.717) is 16.3 Å². The fourth-order valence-corrected chi connectivity index (χ4v) is 2.64. The second kappa shape index (κ2) is 8.94. The number of nitrogens with one attached hydrogen (secondary N) is 1. The number of hydrogen-bond donors (Lipinski definition) is 2. The number of amides is 1. The summed E-state index contributed by atoms with van der Waals surface area (Å²) in [5, 5.41) is 12.0. The van der Waals surface area contributed by atoms with E-state index >= 15 is 0 Å². The zero-order valence-electron chi connectivity index (χ0n) is 13.6. The summed E-state index contributed by atoms with van der Waals surface area (Å²) in [5.41, 5.74) is 1.22. The van der Waals surface area contributed by atoms with Crippen LogP contribution in [0.15, 0.2) is 48.5 Å². The van der Waals surface area contributed by atoms with Gasteiger partial charge >= 0.3 is 12.1 Å². The molecule has 25 heavy (non-hydrogen) atoms. The van der Waals surface area contributed by atoms with Gasteiger partial charge in [0.2, 0.25) is 0 Å². The van der Waals surface area contributed by atoms with Crippen LogP contribution in [0, 0.1) is 0 Å². The van der Waals surface area contributed by atoms with Crippen LogP contribution in [-0.4, -0.2) is 24.3 Å². The summed E-state index contributed by atoms with van der Waals surface area (Å²) in [4.78, 5) is 23.3. The number of alkyl carbamates (subject to hydrolysis) is 1. The molecule has 0 fully saturated rings. The minimum atomic E-state index is -1.09. The van der Waals surface area contributed by atoms with Gasteiger partial charge < -0.3 is 19.9 Å². The van der Waals surface area contributed by atoms with Crippen molar-refractivity contribution < 1.29 is 24.2 Å². The van der Waals surface area contributed by atoms with Gasteiger partial charge in [-0.15, -0.1) is 0 Å². The molecule has 0 aliphatic heterocycles. The van der Waals surface area contributed by atoms with Crippen LogP contribution in [-0.2, 0) is 16.1 Å². The molecular formula is C18H18ClNO5. The maximum Gasteiger partial charge on any atom is 0.407 e. The first-order chi connectivity index (χ1) is 12.0. The zero-order chi connectivity index (χ0) is 18.2. The molecule has 0 aliphatic carbocycles. The Hall–Kier alpha value is -2.73. The van der Waals surface area contributed by atoms with Crippen molar-refractivity contribution in [3.8, 4) is 5.75 Å². The molecule has 0 spiro atoms. The zero-order valence-corrected chi connectivity index (χ0v) is 14.3. The highest BCUT2D eigenvalue weighted by Gasteiger charge is 2.24. The molecule has 7 heteroatoms. The molecule has 0 radical (unpaired) electrons. The highest BCUT2D eigenvalue weighted by atomic mass is 35.5. The smallest absolute Gasteiger partial charge is 0.407 e. The quantitative estimate of drug-likeness (QED) is 0.781. The fourth-order valence-electron chi connectivity index (χ4n) is 2.34. The third-order valence-corrected chi connectivity index (χ3v) is 3.79. The third-order valence-electron chi connectivity index (χ3n) is 3.46. The van der Waals surface area contributed by atoms with Crippen LogP contribution in [0.1, 0.15) is 23.6 Å². The maximum absolute atomic E-state index is 12.1. The lowest BCUT2D eigenvalue weighted by molar-refractivity contribution is -0.137. The summed E-state index contributed by atoms with van der Waals surface area (Å²) in [5.74, 6) is -0.697. The standard InChI is InChI=1S/C18H18ClNO5/c1-24-15-9-5-8-13(19)17(15)14(10-16(21)22)20-18(23)25-11-12-6-3-2-4-7-12/h2-9,14H,10-11H2,1H3,(H,20,23)(H,21,22)/t14-/m0/s1. The lowest BCUT2D eigenvalue weighted by atomic mass is 10.0. The second-order valence-corrected chi connectivity index (χ2v) is 5.62. The molecule has 2 aromatic carbocycles. The van der Waals surface area contributed by atoms with Crippen LogP contribution >= 0.6 is 11.6 Å². The van der Waals surface area contributed by atoms with Gasteiger partial charge in [0.05, 0.1) is 19.6 Å². The number of benzene rings is 2. The number of carbonyl (C=O) groups excluding carboxylic acids is 1. The number of halogens is 1. The van der Waals surface area contributed by atoms with Crippen LogP contribution in [0.4, 0.5) is 4.79 Å². The third kappa shape index (κ3) is 5.39. The molecular weight excluding hydrogens is 346 g/mol. The topological polar surface area (TPSA) is 84.9 Å². The van der Waals surface area contributed by atoms with Crippen molar-refractivity contribution in [1.82, 2.24) is 5.32 Å². The van der Waals surface area contributed by atoms with Crippen molar-refractivity contribution in [2.75, 3.05) is 7.11 Å². The van der Waals surface area contributed by atoms with Crippen LogP contribution in [0.2, 0.25) is 5.02 Å². The van der Waals surface area contributed by atoms with Crippen LogP contribution in [0.5, 0.6) is 5.75 Å². The van der Waals surface area contributed by atoms with Crippen molar-refractivity contribution >= 4 is 23.7 Å². The minimum Gasteiger partial charge on any atom is -0.496 e. The van der Waals surface area contributed by atoms with E-state index in [9.17, 15) is 9.59 Å². The molecule has 0 aromatic heterocycles. The summed E-state index contributed by atoms with van der Waals surface area (Å²) in [6, 6.07) is 13.2. The van der Waals surface area contributed by atoms with Gasteiger partial charge in [-0.25, -0.2) is 4.79 Å². The molecule has 132 valence electrons. The molecule has 0 saturated carbocycles. The van der Waals surface area contributed by atoms with Gasteiger partial charge in [-0.05, 0) is 17.7 Å². The summed E-state index contributed by atoms with van der Waals surface area (Å²) >= 11 is 6.18. The van der Waals surface area contributed by atoms with Gasteiger partial charge in [0.25, 0.3) is 0 Å². The van der Waals surface area contributed by atoms with Gasteiger partial charge in [-0.2, -0.15) is 0 Å². The summed E-state index contributed by atoms with van der Waals surface area (Å²) in [7, 11) is 1.45. The number of carbonyl (C=O) groups is 2. The van der Waals surface area contributed by atoms with E-state index in [1.165, 1.54) is 7.11 Å². The predicted molar refractivity (Wildman–Crippen MR) is 92.8 cm³/mol. The number of carboxylic acid groups (broad SMARTS) is 1. The van der Waals surface area contributed by atoms with Crippen LogP contribution in [0.25, 0.3) is 0 Å². The van der Waals surface area contributed by atoms with Crippen molar-refractivity contribution in [1.29, 1.82) is 0 Å². The fraction of sp³-hybridized carbons (Fsp3) is 0.222. The van der Waals surface area contributed by atoms with E-state index < -0.39 is 18.1 Å². The number of aliphatic carboxylic acids is 1. The number of rotatable bonds is 7. The SMILES string of the molecule is COc1cccc(Cl)c1[C@H](CC(=O)O)NC(=O)OCc1ccccc1. The lowest BCUT2D eigenvalue weighted by Crippen LogP contribution is -2.31. The second-order valence-electron chi connectivity index (χ2n) is 5.21. The summed E-state index contributed by atoms with van der Waals surface area (Å²) in [6.45, 7) is 0.0755. The predicted octanol–water partition coefficient (Wildman–Crippen LogP) is 3.79. The van der Waals surface area contributed by atoms with Gasteiger partial charge in [-0.3, -0.25) is 4.79 Å². The monoisotopic (exact) mass is 363 g/mol. The molecule has 0 aliphatic rings. The first-order valence-corrected chi connectivity index (χ1v) is 7.90.